The maximum atomic E-state index is 13.0. The van der Waals surface area contributed by atoms with Crippen LogP contribution in [0.25, 0.3) is 0 Å². The molecule has 0 spiro atoms. The predicted molar refractivity (Wildman–Crippen MR) is 79.2 cm³/mol. The normalized spacial score (nSPS) is 10.8. The van der Waals surface area contributed by atoms with Gasteiger partial charge in [-0.15, -0.1) is 0 Å². The van der Waals surface area contributed by atoms with E-state index in [2.05, 4.69) is 14.5 Å². The van der Waals surface area contributed by atoms with Crippen LogP contribution in [0.4, 0.5) is 10.1 Å². The van der Waals surface area contributed by atoms with Crippen molar-refractivity contribution >= 4 is 5.69 Å². The van der Waals surface area contributed by atoms with Crippen LogP contribution in [0.15, 0.2) is 36.7 Å². The first kappa shape index (κ1) is 14.5. The highest BCUT2D eigenvalue weighted by molar-refractivity contribution is 5.46. The largest absolute Gasteiger partial charge is 0.370 e. The zero-order chi connectivity index (χ0) is 14.4. The Morgan fingerprint density at radius 3 is 2.60 bits per heavy atom. The fraction of sp³-hybridized carbons (Fsp3) is 0.400. The number of aromatic nitrogens is 2. The highest BCUT2D eigenvalue weighted by Gasteiger charge is 2.07. The van der Waals surface area contributed by atoms with Gasteiger partial charge in [0.15, 0.2) is 0 Å². The maximum Gasteiger partial charge on any atom is 0.123 e. The summed E-state index contributed by atoms with van der Waals surface area (Å²) < 4.78 is 15.1. The van der Waals surface area contributed by atoms with Crippen LogP contribution >= 0.6 is 0 Å². The maximum absolute atomic E-state index is 13.0. The van der Waals surface area contributed by atoms with Crippen LogP contribution in [0.2, 0.25) is 0 Å². The SMILES string of the molecule is Cc1nccn1CCN(CCCN)c1ccc(F)cc1. The Morgan fingerprint density at radius 1 is 1.25 bits per heavy atom. The molecule has 1 heterocycles. The minimum atomic E-state index is -0.210. The number of nitrogens with zero attached hydrogens (tertiary/aromatic N) is 3. The smallest absolute Gasteiger partial charge is 0.123 e. The van der Waals surface area contributed by atoms with Gasteiger partial charge in [-0.2, -0.15) is 0 Å². The number of halogens is 1. The molecule has 108 valence electrons. The van der Waals surface area contributed by atoms with Gasteiger partial charge in [0.1, 0.15) is 11.6 Å². The Labute approximate surface area is 119 Å². The van der Waals surface area contributed by atoms with Crippen LogP contribution in [-0.2, 0) is 6.54 Å². The highest BCUT2D eigenvalue weighted by atomic mass is 19.1. The number of nitrogens with two attached hydrogens (primary N) is 1. The average Bonchev–Trinajstić information content (AvgIpc) is 2.86. The molecule has 0 saturated carbocycles. The van der Waals surface area contributed by atoms with Crippen molar-refractivity contribution in [2.45, 2.75) is 19.9 Å². The lowest BCUT2D eigenvalue weighted by atomic mass is 10.2. The standard InChI is InChI=1S/C15H21FN4/c1-13-18-8-10-19(13)11-12-20(9-2-7-17)15-5-3-14(16)4-6-15/h3-6,8,10H,2,7,9,11-12,17H2,1H3. The van der Waals surface area contributed by atoms with Crippen molar-refractivity contribution in [3.63, 3.8) is 0 Å². The number of rotatable bonds is 7. The summed E-state index contributed by atoms with van der Waals surface area (Å²) >= 11 is 0. The molecule has 2 rings (SSSR count). The van der Waals surface area contributed by atoms with Gasteiger partial charge in [-0.1, -0.05) is 0 Å². The van der Waals surface area contributed by atoms with Crippen molar-refractivity contribution in [2.24, 2.45) is 5.73 Å². The molecule has 0 unspecified atom stereocenters. The molecule has 20 heavy (non-hydrogen) atoms. The lowest BCUT2D eigenvalue weighted by molar-refractivity contribution is 0.620. The third kappa shape index (κ3) is 3.81. The van der Waals surface area contributed by atoms with E-state index in [1.54, 1.807) is 6.20 Å². The van der Waals surface area contributed by atoms with Gasteiger partial charge < -0.3 is 15.2 Å². The first-order valence-electron chi connectivity index (χ1n) is 6.89. The second kappa shape index (κ2) is 7.05. The van der Waals surface area contributed by atoms with E-state index in [1.165, 1.54) is 12.1 Å². The fourth-order valence-electron chi connectivity index (χ4n) is 2.17. The average molecular weight is 276 g/mol. The second-order valence-electron chi connectivity index (χ2n) is 4.77. The van der Waals surface area contributed by atoms with E-state index in [9.17, 15) is 4.39 Å². The van der Waals surface area contributed by atoms with Crippen molar-refractivity contribution in [1.29, 1.82) is 0 Å². The molecule has 0 fully saturated rings. The third-order valence-corrected chi connectivity index (χ3v) is 3.36. The summed E-state index contributed by atoms with van der Waals surface area (Å²) in [4.78, 5) is 6.44. The van der Waals surface area contributed by atoms with E-state index in [4.69, 9.17) is 5.73 Å². The molecule has 0 bridgehead atoms. The Balaban J connectivity index is 2.03. The quantitative estimate of drug-likeness (QED) is 0.843. The van der Waals surface area contributed by atoms with Crippen LogP contribution in [0.5, 0.6) is 0 Å². The Kier molecular flexibility index (Phi) is 5.12. The van der Waals surface area contributed by atoms with Crippen LogP contribution in [0.1, 0.15) is 12.2 Å². The van der Waals surface area contributed by atoms with E-state index in [1.807, 2.05) is 25.3 Å². The van der Waals surface area contributed by atoms with E-state index < -0.39 is 0 Å². The molecule has 2 N–H and O–H groups in total. The van der Waals surface area contributed by atoms with E-state index in [-0.39, 0.29) is 5.82 Å². The van der Waals surface area contributed by atoms with Gasteiger partial charge in [0.05, 0.1) is 0 Å². The van der Waals surface area contributed by atoms with Gasteiger partial charge in [-0.05, 0) is 44.2 Å². The molecular formula is C15H21FN4. The lowest BCUT2D eigenvalue weighted by Crippen LogP contribution is -2.29. The number of hydrogen-bond donors (Lipinski definition) is 1. The summed E-state index contributed by atoms with van der Waals surface area (Å²) in [5.74, 6) is 0.792. The fourth-order valence-corrected chi connectivity index (χ4v) is 2.17. The van der Waals surface area contributed by atoms with Gasteiger partial charge in [-0.25, -0.2) is 9.37 Å². The van der Waals surface area contributed by atoms with Crippen LogP contribution in [-0.4, -0.2) is 29.2 Å². The van der Waals surface area contributed by atoms with Crippen molar-refractivity contribution in [3.05, 3.63) is 48.3 Å². The van der Waals surface area contributed by atoms with Crippen molar-refractivity contribution in [2.75, 3.05) is 24.5 Å². The van der Waals surface area contributed by atoms with Crippen LogP contribution < -0.4 is 10.6 Å². The number of aryl methyl sites for hydroxylation is 1. The molecular weight excluding hydrogens is 255 g/mol. The van der Waals surface area contributed by atoms with Crippen molar-refractivity contribution < 1.29 is 4.39 Å². The third-order valence-electron chi connectivity index (χ3n) is 3.36. The van der Waals surface area contributed by atoms with Gasteiger partial charge in [0.2, 0.25) is 0 Å². The molecule has 1 aromatic heterocycles. The lowest BCUT2D eigenvalue weighted by Gasteiger charge is -2.25. The predicted octanol–water partition coefficient (Wildman–Crippen LogP) is 2.19. The molecule has 0 radical (unpaired) electrons. The first-order chi connectivity index (χ1) is 9.70. The number of imidazole rings is 1. The summed E-state index contributed by atoms with van der Waals surface area (Å²) in [6, 6.07) is 6.61. The Bertz CT molecular complexity index is 521. The second-order valence-corrected chi connectivity index (χ2v) is 4.77. The molecule has 0 aliphatic heterocycles. The van der Waals surface area contributed by atoms with Gasteiger partial charge >= 0.3 is 0 Å². The molecule has 0 saturated heterocycles. The zero-order valence-electron chi connectivity index (χ0n) is 11.8. The molecule has 0 amide bonds. The molecule has 1 aromatic carbocycles. The zero-order valence-corrected chi connectivity index (χ0v) is 11.8. The van der Waals surface area contributed by atoms with Gasteiger partial charge in [0.25, 0.3) is 0 Å². The summed E-state index contributed by atoms with van der Waals surface area (Å²) in [5, 5.41) is 0. The molecule has 2 aromatic rings. The number of benzene rings is 1. The first-order valence-corrected chi connectivity index (χ1v) is 6.89. The topological polar surface area (TPSA) is 47.1 Å². The number of anilines is 1. The van der Waals surface area contributed by atoms with Gasteiger partial charge in [-0.3, -0.25) is 0 Å². The molecule has 4 nitrogen and oxygen atoms in total. The molecule has 0 aliphatic rings. The summed E-state index contributed by atoms with van der Waals surface area (Å²) in [6.07, 6.45) is 4.69. The molecule has 5 heteroatoms. The minimum Gasteiger partial charge on any atom is -0.370 e. The highest BCUT2D eigenvalue weighted by Crippen LogP contribution is 2.15. The van der Waals surface area contributed by atoms with E-state index in [0.717, 1.165) is 37.6 Å². The summed E-state index contributed by atoms with van der Waals surface area (Å²) in [6.45, 7) is 5.22. The minimum absolute atomic E-state index is 0.210. The van der Waals surface area contributed by atoms with Crippen molar-refractivity contribution in [3.8, 4) is 0 Å². The Hall–Kier alpha value is -1.88. The van der Waals surface area contributed by atoms with Crippen LogP contribution in [0, 0.1) is 12.7 Å². The summed E-state index contributed by atoms with van der Waals surface area (Å²) in [5.41, 5.74) is 6.62. The molecule has 0 atom stereocenters. The molecule has 0 aliphatic carbocycles. The van der Waals surface area contributed by atoms with E-state index >= 15 is 0 Å². The van der Waals surface area contributed by atoms with Gasteiger partial charge in [0, 0.05) is 37.7 Å². The van der Waals surface area contributed by atoms with Crippen molar-refractivity contribution in [1.82, 2.24) is 9.55 Å². The summed E-state index contributed by atoms with van der Waals surface area (Å²) in [7, 11) is 0. The monoisotopic (exact) mass is 276 g/mol. The van der Waals surface area contributed by atoms with E-state index in [0.29, 0.717) is 6.54 Å². The Morgan fingerprint density at radius 2 is 2.00 bits per heavy atom. The van der Waals surface area contributed by atoms with Crippen LogP contribution in [0.3, 0.4) is 0 Å². The number of hydrogen-bond acceptors (Lipinski definition) is 3.